The van der Waals surface area contributed by atoms with Crippen molar-refractivity contribution in [3.05, 3.63) is 28.8 Å². The zero-order valence-electron chi connectivity index (χ0n) is 12.3. The van der Waals surface area contributed by atoms with Crippen molar-refractivity contribution in [1.29, 1.82) is 0 Å². The van der Waals surface area contributed by atoms with E-state index in [1.54, 1.807) is 6.07 Å². The summed E-state index contributed by atoms with van der Waals surface area (Å²) in [6.07, 6.45) is 0.919. The molecule has 2 amide bonds. The highest BCUT2D eigenvalue weighted by Crippen LogP contribution is 2.20. The van der Waals surface area contributed by atoms with Gasteiger partial charge in [0, 0.05) is 36.9 Å². The Hall–Kier alpha value is -1.30. The summed E-state index contributed by atoms with van der Waals surface area (Å²) in [6, 6.07) is 5.42. The van der Waals surface area contributed by atoms with Gasteiger partial charge in [-0.05, 0) is 37.6 Å². The average molecular weight is 312 g/mol. The van der Waals surface area contributed by atoms with E-state index >= 15 is 0 Å². The normalized spacial score (nSPS) is 16.6. The first-order chi connectivity index (χ1) is 10.1. The molecule has 0 aliphatic carbocycles. The SMILES string of the molecule is Cc1ccc(NC(=O)N2CCCN(CCO)CC2)cc1Cl. The van der Waals surface area contributed by atoms with Gasteiger partial charge in [-0.25, -0.2) is 4.79 Å². The van der Waals surface area contributed by atoms with Gasteiger partial charge in [0.15, 0.2) is 0 Å². The van der Waals surface area contributed by atoms with Crippen molar-refractivity contribution in [2.45, 2.75) is 13.3 Å². The number of nitrogens with zero attached hydrogens (tertiary/aromatic N) is 2. The number of amides is 2. The van der Waals surface area contributed by atoms with Gasteiger partial charge in [-0.2, -0.15) is 0 Å². The molecule has 116 valence electrons. The number of nitrogens with one attached hydrogen (secondary N) is 1. The van der Waals surface area contributed by atoms with Crippen LogP contribution in [0.15, 0.2) is 18.2 Å². The molecule has 0 aromatic heterocycles. The number of carbonyl (C=O) groups excluding carboxylic acids is 1. The maximum atomic E-state index is 12.3. The van der Waals surface area contributed by atoms with Gasteiger partial charge < -0.3 is 15.3 Å². The summed E-state index contributed by atoms with van der Waals surface area (Å²) in [5, 5.41) is 12.5. The lowest BCUT2D eigenvalue weighted by Gasteiger charge is -2.22. The molecule has 0 spiro atoms. The maximum Gasteiger partial charge on any atom is 0.321 e. The Kier molecular flexibility index (Phi) is 5.85. The van der Waals surface area contributed by atoms with Crippen LogP contribution in [-0.4, -0.2) is 60.3 Å². The molecule has 1 aromatic carbocycles. The van der Waals surface area contributed by atoms with Gasteiger partial charge in [0.25, 0.3) is 0 Å². The Morgan fingerprint density at radius 2 is 2.14 bits per heavy atom. The lowest BCUT2D eigenvalue weighted by atomic mass is 10.2. The van der Waals surface area contributed by atoms with Gasteiger partial charge in [-0.3, -0.25) is 4.90 Å². The number of aliphatic hydroxyl groups excluding tert-OH is 1. The maximum absolute atomic E-state index is 12.3. The van der Waals surface area contributed by atoms with Crippen molar-refractivity contribution >= 4 is 23.3 Å². The second-order valence-electron chi connectivity index (χ2n) is 5.30. The molecule has 5 nitrogen and oxygen atoms in total. The van der Waals surface area contributed by atoms with Crippen molar-refractivity contribution in [2.75, 3.05) is 44.6 Å². The molecule has 1 aliphatic rings. The molecule has 0 radical (unpaired) electrons. The fourth-order valence-corrected chi connectivity index (χ4v) is 2.59. The van der Waals surface area contributed by atoms with Crippen LogP contribution >= 0.6 is 11.6 Å². The Morgan fingerprint density at radius 3 is 2.86 bits per heavy atom. The Labute approximate surface area is 130 Å². The van der Waals surface area contributed by atoms with Crippen LogP contribution in [0.5, 0.6) is 0 Å². The summed E-state index contributed by atoms with van der Waals surface area (Å²) in [5.41, 5.74) is 1.70. The smallest absolute Gasteiger partial charge is 0.321 e. The molecule has 0 atom stereocenters. The number of hydrogen-bond donors (Lipinski definition) is 2. The number of carbonyl (C=O) groups is 1. The van der Waals surface area contributed by atoms with Crippen LogP contribution in [0.2, 0.25) is 5.02 Å². The summed E-state index contributed by atoms with van der Waals surface area (Å²) in [5.74, 6) is 0. The van der Waals surface area contributed by atoms with Gasteiger partial charge in [0.05, 0.1) is 6.61 Å². The van der Waals surface area contributed by atoms with E-state index in [-0.39, 0.29) is 12.6 Å². The van der Waals surface area contributed by atoms with Crippen LogP contribution in [0.25, 0.3) is 0 Å². The number of urea groups is 1. The predicted molar refractivity (Wildman–Crippen MR) is 84.9 cm³/mol. The number of β-amino-alcohol motifs (C(OH)–C–C–N with tert-alkyl or cyclic N) is 1. The summed E-state index contributed by atoms with van der Waals surface area (Å²) in [7, 11) is 0. The van der Waals surface area contributed by atoms with Crippen LogP contribution in [0.3, 0.4) is 0 Å². The highest BCUT2D eigenvalue weighted by atomic mass is 35.5. The number of rotatable bonds is 3. The number of aliphatic hydroxyl groups is 1. The van der Waals surface area contributed by atoms with E-state index in [9.17, 15) is 4.79 Å². The molecule has 6 heteroatoms. The summed E-state index contributed by atoms with van der Waals surface area (Å²) < 4.78 is 0. The minimum atomic E-state index is -0.0965. The third-order valence-corrected chi connectivity index (χ3v) is 4.12. The Balaban J connectivity index is 1.92. The second-order valence-corrected chi connectivity index (χ2v) is 5.71. The Morgan fingerprint density at radius 1 is 1.33 bits per heavy atom. The molecule has 1 heterocycles. The molecule has 1 saturated heterocycles. The number of aryl methyl sites for hydroxylation is 1. The number of anilines is 1. The highest BCUT2D eigenvalue weighted by molar-refractivity contribution is 6.31. The van der Waals surface area contributed by atoms with Gasteiger partial charge in [-0.15, -0.1) is 0 Å². The van der Waals surface area contributed by atoms with E-state index in [0.29, 0.717) is 23.8 Å². The first kappa shape index (κ1) is 16.1. The molecule has 2 N–H and O–H groups in total. The highest BCUT2D eigenvalue weighted by Gasteiger charge is 2.18. The largest absolute Gasteiger partial charge is 0.395 e. The first-order valence-electron chi connectivity index (χ1n) is 7.25. The third kappa shape index (κ3) is 4.59. The molecule has 0 bridgehead atoms. The molecule has 0 saturated carbocycles. The van der Waals surface area contributed by atoms with Crippen LogP contribution in [0.1, 0.15) is 12.0 Å². The van der Waals surface area contributed by atoms with E-state index in [0.717, 1.165) is 31.6 Å². The third-order valence-electron chi connectivity index (χ3n) is 3.72. The Bertz CT molecular complexity index is 496. The average Bonchev–Trinajstić information content (AvgIpc) is 2.69. The summed E-state index contributed by atoms with van der Waals surface area (Å²) in [6.45, 7) is 5.87. The van der Waals surface area contributed by atoms with Crippen molar-refractivity contribution in [3.63, 3.8) is 0 Å². The van der Waals surface area contributed by atoms with E-state index in [1.165, 1.54) is 0 Å². The number of halogens is 1. The molecule has 0 unspecified atom stereocenters. The fourth-order valence-electron chi connectivity index (χ4n) is 2.41. The molecule has 1 aliphatic heterocycles. The van der Waals surface area contributed by atoms with Gasteiger partial charge in [0.1, 0.15) is 0 Å². The lowest BCUT2D eigenvalue weighted by Crippen LogP contribution is -2.38. The molecule has 2 rings (SSSR count). The van der Waals surface area contributed by atoms with Crippen LogP contribution in [-0.2, 0) is 0 Å². The zero-order chi connectivity index (χ0) is 15.2. The summed E-state index contributed by atoms with van der Waals surface area (Å²) in [4.78, 5) is 16.3. The molecular weight excluding hydrogens is 290 g/mol. The molecule has 21 heavy (non-hydrogen) atoms. The van der Waals surface area contributed by atoms with E-state index in [2.05, 4.69) is 10.2 Å². The topological polar surface area (TPSA) is 55.8 Å². The van der Waals surface area contributed by atoms with Crippen LogP contribution < -0.4 is 5.32 Å². The summed E-state index contributed by atoms with van der Waals surface area (Å²) >= 11 is 6.07. The molecule has 1 fully saturated rings. The van der Waals surface area contributed by atoms with E-state index < -0.39 is 0 Å². The van der Waals surface area contributed by atoms with E-state index in [4.69, 9.17) is 16.7 Å². The monoisotopic (exact) mass is 311 g/mol. The van der Waals surface area contributed by atoms with Crippen molar-refractivity contribution < 1.29 is 9.90 Å². The minimum absolute atomic E-state index is 0.0965. The standard InChI is InChI=1S/C15H22ClN3O2/c1-12-3-4-13(11-14(12)16)17-15(21)19-6-2-5-18(7-8-19)9-10-20/h3-4,11,20H,2,5-10H2,1H3,(H,17,21). The van der Waals surface area contributed by atoms with Crippen molar-refractivity contribution in [3.8, 4) is 0 Å². The fraction of sp³-hybridized carbons (Fsp3) is 0.533. The van der Waals surface area contributed by atoms with Crippen molar-refractivity contribution in [2.24, 2.45) is 0 Å². The predicted octanol–water partition coefficient (Wildman–Crippen LogP) is 2.18. The van der Waals surface area contributed by atoms with Crippen LogP contribution in [0, 0.1) is 6.92 Å². The lowest BCUT2D eigenvalue weighted by molar-refractivity contribution is 0.194. The van der Waals surface area contributed by atoms with Crippen molar-refractivity contribution in [1.82, 2.24) is 9.80 Å². The zero-order valence-corrected chi connectivity index (χ0v) is 13.1. The first-order valence-corrected chi connectivity index (χ1v) is 7.63. The molecule has 1 aromatic rings. The quantitative estimate of drug-likeness (QED) is 0.899. The van der Waals surface area contributed by atoms with Gasteiger partial charge in [0.2, 0.25) is 0 Å². The second kappa shape index (κ2) is 7.64. The van der Waals surface area contributed by atoms with Crippen LogP contribution in [0.4, 0.5) is 10.5 Å². The van der Waals surface area contributed by atoms with Gasteiger partial charge in [-0.1, -0.05) is 17.7 Å². The van der Waals surface area contributed by atoms with Gasteiger partial charge >= 0.3 is 6.03 Å². The van der Waals surface area contributed by atoms with E-state index in [1.807, 2.05) is 24.0 Å². The number of hydrogen-bond acceptors (Lipinski definition) is 3. The minimum Gasteiger partial charge on any atom is -0.395 e. The number of benzene rings is 1. The molecular formula is C15H22ClN3O2.